The summed E-state index contributed by atoms with van der Waals surface area (Å²) < 4.78 is 0. The molecule has 114 valence electrons. The van der Waals surface area contributed by atoms with Crippen LogP contribution in [0, 0.1) is 10.1 Å². The third-order valence-corrected chi connectivity index (χ3v) is 5.23. The molecule has 0 amide bonds. The summed E-state index contributed by atoms with van der Waals surface area (Å²) in [5.74, 6) is 0.625. The van der Waals surface area contributed by atoms with Crippen LogP contribution in [0.1, 0.15) is 50.0 Å². The second-order valence-corrected chi connectivity index (χ2v) is 6.43. The molecule has 4 nitrogen and oxygen atoms in total. The summed E-state index contributed by atoms with van der Waals surface area (Å²) in [5.41, 5.74) is 1.42. The fraction of sp³-hybridized carbons (Fsp3) is 0.647. The van der Waals surface area contributed by atoms with Crippen molar-refractivity contribution >= 4 is 0 Å². The molecule has 1 saturated carbocycles. The van der Waals surface area contributed by atoms with Crippen molar-refractivity contribution in [3.8, 4) is 0 Å². The van der Waals surface area contributed by atoms with Crippen molar-refractivity contribution in [3.05, 3.63) is 46.0 Å². The van der Waals surface area contributed by atoms with Gasteiger partial charge >= 0.3 is 0 Å². The standard InChI is InChI=1S/C17H24N2O2/c20-19(21)17-9-5-4-8-16(17)18-12-10-15(11-13-18)14-6-2-1-3-7-14/h1-3,6-7,15-17H,4-5,8-13H2/t16-,17-/m1/s1. The van der Waals surface area contributed by atoms with Crippen molar-refractivity contribution in [2.75, 3.05) is 13.1 Å². The van der Waals surface area contributed by atoms with Crippen LogP contribution in [-0.2, 0) is 0 Å². The van der Waals surface area contributed by atoms with E-state index in [0.29, 0.717) is 5.92 Å². The van der Waals surface area contributed by atoms with E-state index in [4.69, 9.17) is 0 Å². The highest BCUT2D eigenvalue weighted by Gasteiger charge is 2.39. The number of hydrogen-bond donors (Lipinski definition) is 0. The third kappa shape index (κ3) is 3.26. The maximum Gasteiger partial charge on any atom is 0.228 e. The van der Waals surface area contributed by atoms with E-state index in [0.717, 1.165) is 51.6 Å². The number of benzene rings is 1. The number of nitro groups is 1. The Labute approximate surface area is 126 Å². The SMILES string of the molecule is O=[N+]([O-])[C@@H]1CCCC[C@H]1N1CCC(c2ccccc2)CC1. The Morgan fingerprint density at radius 2 is 1.67 bits per heavy atom. The molecule has 0 radical (unpaired) electrons. The molecule has 21 heavy (non-hydrogen) atoms. The molecule has 1 aromatic carbocycles. The molecule has 1 aliphatic carbocycles. The van der Waals surface area contributed by atoms with E-state index < -0.39 is 0 Å². The van der Waals surface area contributed by atoms with Gasteiger partial charge in [-0.15, -0.1) is 0 Å². The number of rotatable bonds is 3. The largest absolute Gasteiger partial charge is 0.294 e. The summed E-state index contributed by atoms with van der Waals surface area (Å²) in [5, 5.41) is 11.3. The maximum absolute atomic E-state index is 11.3. The Balaban J connectivity index is 1.61. The van der Waals surface area contributed by atoms with Crippen LogP contribution in [0.2, 0.25) is 0 Å². The Morgan fingerprint density at radius 3 is 2.33 bits per heavy atom. The van der Waals surface area contributed by atoms with Crippen LogP contribution < -0.4 is 0 Å². The Hall–Kier alpha value is -1.42. The van der Waals surface area contributed by atoms with Crippen molar-refractivity contribution in [3.63, 3.8) is 0 Å². The molecule has 0 unspecified atom stereocenters. The van der Waals surface area contributed by atoms with Crippen molar-refractivity contribution in [1.82, 2.24) is 4.90 Å². The molecule has 2 fully saturated rings. The van der Waals surface area contributed by atoms with E-state index in [1.54, 1.807) is 0 Å². The van der Waals surface area contributed by atoms with Crippen LogP contribution in [0.3, 0.4) is 0 Å². The quantitative estimate of drug-likeness (QED) is 0.632. The average Bonchev–Trinajstić information content (AvgIpc) is 2.56. The molecule has 0 N–H and O–H groups in total. The van der Waals surface area contributed by atoms with E-state index in [2.05, 4.69) is 35.2 Å². The fourth-order valence-electron chi connectivity index (χ4n) is 4.05. The predicted octanol–water partition coefficient (Wildman–Crippen LogP) is 3.45. The first-order chi connectivity index (χ1) is 10.3. The molecule has 0 spiro atoms. The Morgan fingerprint density at radius 1 is 1.00 bits per heavy atom. The van der Waals surface area contributed by atoms with Crippen LogP contribution >= 0.6 is 0 Å². The first kappa shape index (κ1) is 14.5. The predicted molar refractivity (Wildman–Crippen MR) is 83.0 cm³/mol. The van der Waals surface area contributed by atoms with Gasteiger partial charge in [-0.05, 0) is 50.3 Å². The molecular weight excluding hydrogens is 264 g/mol. The van der Waals surface area contributed by atoms with Crippen LogP contribution in [-0.4, -0.2) is 35.0 Å². The van der Waals surface area contributed by atoms with Crippen LogP contribution in [0.25, 0.3) is 0 Å². The monoisotopic (exact) mass is 288 g/mol. The number of hydrogen-bond acceptors (Lipinski definition) is 3. The minimum Gasteiger partial charge on any atom is -0.294 e. The van der Waals surface area contributed by atoms with Gasteiger partial charge in [0.2, 0.25) is 6.04 Å². The number of piperidine rings is 1. The van der Waals surface area contributed by atoms with E-state index in [1.807, 2.05) is 0 Å². The normalized spacial score (nSPS) is 28.4. The zero-order valence-corrected chi connectivity index (χ0v) is 12.5. The summed E-state index contributed by atoms with van der Waals surface area (Å²) in [4.78, 5) is 13.6. The maximum atomic E-state index is 11.3. The fourth-order valence-corrected chi connectivity index (χ4v) is 4.05. The summed E-state index contributed by atoms with van der Waals surface area (Å²) in [6.07, 6.45) is 6.18. The van der Waals surface area contributed by atoms with Crippen LogP contribution in [0.15, 0.2) is 30.3 Å². The molecule has 3 rings (SSSR count). The first-order valence-corrected chi connectivity index (χ1v) is 8.18. The molecule has 1 aliphatic heterocycles. The summed E-state index contributed by atoms with van der Waals surface area (Å²) >= 11 is 0. The molecule has 1 saturated heterocycles. The molecule has 4 heteroatoms. The van der Waals surface area contributed by atoms with E-state index >= 15 is 0 Å². The Bertz CT molecular complexity index is 469. The van der Waals surface area contributed by atoms with Crippen molar-refractivity contribution in [2.45, 2.75) is 56.5 Å². The highest BCUT2D eigenvalue weighted by atomic mass is 16.6. The molecule has 1 heterocycles. The highest BCUT2D eigenvalue weighted by molar-refractivity contribution is 5.20. The number of likely N-dealkylation sites (tertiary alicyclic amines) is 1. The van der Waals surface area contributed by atoms with E-state index in [1.165, 1.54) is 5.56 Å². The van der Waals surface area contributed by atoms with Crippen LogP contribution in [0.5, 0.6) is 0 Å². The molecular formula is C17H24N2O2. The van der Waals surface area contributed by atoms with Gasteiger partial charge < -0.3 is 0 Å². The van der Waals surface area contributed by atoms with Gasteiger partial charge in [-0.2, -0.15) is 0 Å². The minimum absolute atomic E-state index is 0.0346. The van der Waals surface area contributed by atoms with Gasteiger partial charge in [-0.3, -0.25) is 15.0 Å². The second-order valence-electron chi connectivity index (χ2n) is 6.43. The second kappa shape index (κ2) is 6.56. The number of nitrogens with zero attached hydrogens (tertiary/aromatic N) is 2. The lowest BCUT2D eigenvalue weighted by molar-refractivity contribution is -0.534. The van der Waals surface area contributed by atoms with Gasteiger partial charge in [-0.1, -0.05) is 36.8 Å². The summed E-state index contributed by atoms with van der Waals surface area (Å²) in [7, 11) is 0. The van der Waals surface area contributed by atoms with Crippen molar-refractivity contribution in [1.29, 1.82) is 0 Å². The highest BCUT2D eigenvalue weighted by Crippen LogP contribution is 2.32. The topological polar surface area (TPSA) is 46.4 Å². The third-order valence-electron chi connectivity index (χ3n) is 5.23. The molecule has 2 atom stereocenters. The smallest absolute Gasteiger partial charge is 0.228 e. The van der Waals surface area contributed by atoms with Gasteiger partial charge in [0.25, 0.3) is 0 Å². The average molecular weight is 288 g/mol. The van der Waals surface area contributed by atoms with Crippen molar-refractivity contribution in [2.24, 2.45) is 0 Å². The zero-order valence-electron chi connectivity index (χ0n) is 12.5. The zero-order chi connectivity index (χ0) is 14.7. The molecule has 0 bridgehead atoms. The van der Waals surface area contributed by atoms with Gasteiger partial charge in [0.15, 0.2) is 0 Å². The van der Waals surface area contributed by atoms with Gasteiger partial charge in [0.1, 0.15) is 0 Å². The molecule has 1 aromatic rings. The Kier molecular flexibility index (Phi) is 4.54. The van der Waals surface area contributed by atoms with Crippen molar-refractivity contribution < 1.29 is 4.92 Å². The lowest BCUT2D eigenvalue weighted by Crippen LogP contribution is -2.51. The lowest BCUT2D eigenvalue weighted by Gasteiger charge is -2.40. The van der Waals surface area contributed by atoms with Crippen LogP contribution in [0.4, 0.5) is 0 Å². The minimum atomic E-state index is -0.341. The summed E-state index contributed by atoms with van der Waals surface area (Å²) in [6.45, 7) is 2.02. The summed E-state index contributed by atoms with van der Waals surface area (Å²) in [6, 6.07) is 10.5. The molecule has 2 aliphatic rings. The van der Waals surface area contributed by atoms with E-state index in [-0.39, 0.29) is 17.0 Å². The van der Waals surface area contributed by atoms with E-state index in [9.17, 15) is 10.1 Å². The van der Waals surface area contributed by atoms with Gasteiger partial charge in [-0.25, -0.2) is 0 Å². The molecule has 0 aromatic heterocycles. The van der Waals surface area contributed by atoms with Gasteiger partial charge in [0.05, 0.1) is 6.04 Å². The van der Waals surface area contributed by atoms with Gasteiger partial charge in [0, 0.05) is 11.3 Å². The lowest BCUT2D eigenvalue weighted by atomic mass is 9.85. The first-order valence-electron chi connectivity index (χ1n) is 8.18.